The van der Waals surface area contributed by atoms with Gasteiger partial charge in [-0.25, -0.2) is 4.79 Å². The minimum absolute atomic E-state index is 0.194. The maximum atomic E-state index is 11.9. The van der Waals surface area contributed by atoms with E-state index in [4.69, 9.17) is 0 Å². The number of carboxylic acid groups (broad SMARTS) is 1. The van der Waals surface area contributed by atoms with Crippen molar-refractivity contribution in [2.45, 2.75) is 39.4 Å². The smallest absolute Gasteiger partial charge is 0.337 e. The molecule has 1 N–H and O–H groups in total. The zero-order valence-electron chi connectivity index (χ0n) is 13.4. The third kappa shape index (κ3) is 2.61. The number of benzene rings is 1. The van der Waals surface area contributed by atoms with Gasteiger partial charge in [0.15, 0.2) is 0 Å². The second-order valence-corrected chi connectivity index (χ2v) is 7.97. The van der Waals surface area contributed by atoms with E-state index in [0.29, 0.717) is 5.56 Å². The Kier molecular flexibility index (Phi) is 3.90. The highest BCUT2D eigenvalue weighted by atomic mass is 32.1. The molecule has 22 heavy (non-hydrogen) atoms. The molecule has 1 aromatic carbocycles. The van der Waals surface area contributed by atoms with Crippen LogP contribution in [0.4, 0.5) is 0 Å². The summed E-state index contributed by atoms with van der Waals surface area (Å²) in [6.07, 6.45) is 3.92. The Labute approximate surface area is 136 Å². The number of thiophene rings is 1. The van der Waals surface area contributed by atoms with Crippen molar-refractivity contribution in [2.24, 2.45) is 5.41 Å². The van der Waals surface area contributed by atoms with Crippen molar-refractivity contribution < 1.29 is 9.90 Å². The summed E-state index contributed by atoms with van der Waals surface area (Å²) in [5.74, 6) is -0.781. The summed E-state index contributed by atoms with van der Waals surface area (Å²) >= 11 is 1.69. The lowest BCUT2D eigenvalue weighted by Gasteiger charge is -2.29. The molecule has 0 amide bonds. The van der Waals surface area contributed by atoms with Gasteiger partial charge >= 0.3 is 5.97 Å². The molecule has 3 rings (SSSR count). The average molecular weight is 312 g/mol. The minimum Gasteiger partial charge on any atom is -0.478 e. The van der Waals surface area contributed by atoms with Gasteiger partial charge in [-0.3, -0.25) is 0 Å². The molecule has 4 heteroatoms. The van der Waals surface area contributed by atoms with E-state index < -0.39 is 5.97 Å². The molecule has 2 aromatic rings. The van der Waals surface area contributed by atoms with Crippen molar-refractivity contribution >= 4 is 25.2 Å². The Morgan fingerprint density at radius 3 is 2.77 bits per heavy atom. The second-order valence-electron chi connectivity index (χ2n) is 6.86. The quantitative estimate of drug-likeness (QED) is 0.876. The molecule has 0 saturated heterocycles. The van der Waals surface area contributed by atoms with Gasteiger partial charge in [0.1, 0.15) is 7.85 Å². The second kappa shape index (κ2) is 5.58. The predicted octanol–water partition coefficient (Wildman–Crippen LogP) is 3.76. The van der Waals surface area contributed by atoms with Crippen LogP contribution in [0.15, 0.2) is 24.3 Å². The van der Waals surface area contributed by atoms with Crippen molar-refractivity contribution in [3.8, 4) is 10.4 Å². The Bertz CT molecular complexity index is 731. The maximum Gasteiger partial charge on any atom is 0.337 e. The molecule has 1 heterocycles. The number of fused-ring (bicyclic) bond motifs is 1. The van der Waals surface area contributed by atoms with E-state index in [9.17, 15) is 9.90 Å². The molecule has 0 fully saturated rings. The van der Waals surface area contributed by atoms with Crippen molar-refractivity contribution in [3.05, 3.63) is 45.8 Å². The van der Waals surface area contributed by atoms with Gasteiger partial charge < -0.3 is 5.11 Å². The largest absolute Gasteiger partial charge is 0.478 e. The zero-order chi connectivity index (χ0) is 15.9. The van der Waals surface area contributed by atoms with Crippen LogP contribution in [0.5, 0.6) is 0 Å². The number of hydrogen-bond donors (Lipinski definition) is 1. The molecule has 1 aliphatic carbocycles. The fourth-order valence-electron chi connectivity index (χ4n) is 3.39. The average Bonchev–Trinajstić information content (AvgIpc) is 2.84. The van der Waals surface area contributed by atoms with E-state index >= 15 is 0 Å². The molecule has 0 saturated carbocycles. The molecule has 0 spiro atoms. The number of aromatic carboxylic acids is 1. The van der Waals surface area contributed by atoms with E-state index in [-0.39, 0.29) is 5.41 Å². The standard InChI is InChI=1S/C18H21BO2S/c1-18(2)8-7-14-13(9-18)15(17(20)21)16(22-14)12-6-4-3-5-11(12)10-19/h3-6H,7-10,19H2,1-2H3,(H,20,21). The molecular weight excluding hydrogens is 291 g/mol. The fourth-order valence-corrected chi connectivity index (χ4v) is 4.76. The molecule has 114 valence electrons. The van der Waals surface area contributed by atoms with Gasteiger partial charge in [-0.05, 0) is 41.4 Å². The zero-order valence-corrected chi connectivity index (χ0v) is 14.2. The summed E-state index contributed by atoms with van der Waals surface area (Å²) in [6.45, 7) is 4.47. The highest BCUT2D eigenvalue weighted by Gasteiger charge is 2.33. The van der Waals surface area contributed by atoms with E-state index in [1.807, 2.05) is 12.1 Å². The van der Waals surface area contributed by atoms with Crippen LogP contribution in [-0.2, 0) is 19.2 Å². The summed E-state index contributed by atoms with van der Waals surface area (Å²) in [7, 11) is 2.12. The Hall–Kier alpha value is -1.55. The Balaban J connectivity index is 2.21. The number of hydrogen-bond acceptors (Lipinski definition) is 2. The first-order valence-corrected chi connectivity index (χ1v) is 8.70. The number of aryl methyl sites for hydroxylation is 1. The SMILES string of the molecule is BCc1ccccc1-c1sc2c(c1C(=O)O)CC(C)(C)CC2. The minimum atomic E-state index is -0.781. The van der Waals surface area contributed by atoms with Crippen LogP contribution in [0.1, 0.15) is 46.6 Å². The summed E-state index contributed by atoms with van der Waals surface area (Å²) in [4.78, 5) is 14.2. The van der Waals surface area contributed by atoms with Gasteiger partial charge in [-0.15, -0.1) is 11.3 Å². The summed E-state index contributed by atoms with van der Waals surface area (Å²) in [6, 6.07) is 8.19. The molecule has 0 aliphatic heterocycles. The molecule has 1 aromatic heterocycles. The monoisotopic (exact) mass is 312 g/mol. The Morgan fingerprint density at radius 1 is 1.36 bits per heavy atom. The van der Waals surface area contributed by atoms with Crippen LogP contribution < -0.4 is 0 Å². The third-order valence-corrected chi connectivity index (χ3v) is 5.96. The lowest BCUT2D eigenvalue weighted by atomic mass is 9.75. The maximum absolute atomic E-state index is 11.9. The van der Waals surface area contributed by atoms with Crippen LogP contribution >= 0.6 is 11.3 Å². The summed E-state index contributed by atoms with van der Waals surface area (Å²) < 4.78 is 0. The number of carbonyl (C=O) groups is 1. The molecule has 0 radical (unpaired) electrons. The van der Waals surface area contributed by atoms with E-state index in [1.165, 1.54) is 10.4 Å². The lowest BCUT2D eigenvalue weighted by molar-refractivity contribution is 0.0696. The normalized spacial score (nSPS) is 16.3. The summed E-state index contributed by atoms with van der Waals surface area (Å²) in [5, 5.41) is 9.81. The van der Waals surface area contributed by atoms with E-state index in [1.54, 1.807) is 11.3 Å². The van der Waals surface area contributed by atoms with Gasteiger partial charge in [-0.2, -0.15) is 0 Å². The molecule has 0 atom stereocenters. The van der Waals surface area contributed by atoms with Crippen LogP contribution in [0.2, 0.25) is 0 Å². The van der Waals surface area contributed by atoms with Gasteiger partial charge in [0.25, 0.3) is 0 Å². The van der Waals surface area contributed by atoms with E-state index in [0.717, 1.165) is 41.6 Å². The van der Waals surface area contributed by atoms with Crippen LogP contribution in [0.3, 0.4) is 0 Å². The van der Waals surface area contributed by atoms with Gasteiger partial charge in [0, 0.05) is 9.75 Å². The van der Waals surface area contributed by atoms with Crippen LogP contribution in [0, 0.1) is 5.41 Å². The summed E-state index contributed by atoms with van der Waals surface area (Å²) in [5.41, 5.74) is 4.14. The fraction of sp³-hybridized carbons (Fsp3) is 0.389. The van der Waals surface area contributed by atoms with Crippen molar-refractivity contribution in [1.29, 1.82) is 0 Å². The third-order valence-electron chi connectivity index (χ3n) is 4.63. The van der Waals surface area contributed by atoms with Gasteiger partial charge in [0.05, 0.1) is 5.56 Å². The van der Waals surface area contributed by atoms with Crippen molar-refractivity contribution in [2.75, 3.05) is 0 Å². The van der Waals surface area contributed by atoms with E-state index in [2.05, 4.69) is 33.8 Å². The number of rotatable bonds is 3. The molecule has 0 unspecified atom stereocenters. The van der Waals surface area contributed by atoms with Crippen molar-refractivity contribution in [1.82, 2.24) is 0 Å². The topological polar surface area (TPSA) is 37.3 Å². The van der Waals surface area contributed by atoms with Gasteiger partial charge in [0.2, 0.25) is 0 Å². The van der Waals surface area contributed by atoms with Crippen molar-refractivity contribution in [3.63, 3.8) is 0 Å². The van der Waals surface area contributed by atoms with Gasteiger partial charge in [-0.1, -0.05) is 44.4 Å². The highest BCUT2D eigenvalue weighted by molar-refractivity contribution is 7.16. The predicted molar refractivity (Wildman–Crippen MR) is 94.8 cm³/mol. The molecule has 2 nitrogen and oxygen atoms in total. The molecule has 0 bridgehead atoms. The number of carboxylic acids is 1. The highest BCUT2D eigenvalue weighted by Crippen LogP contribution is 2.45. The Morgan fingerprint density at radius 2 is 2.09 bits per heavy atom. The van der Waals surface area contributed by atoms with Crippen LogP contribution in [-0.4, -0.2) is 18.9 Å². The van der Waals surface area contributed by atoms with Crippen LogP contribution in [0.25, 0.3) is 10.4 Å². The first kappa shape index (κ1) is 15.4. The molecular formula is C18H21BO2S. The first-order chi connectivity index (χ1) is 10.4. The lowest BCUT2D eigenvalue weighted by Crippen LogP contribution is -2.22. The first-order valence-electron chi connectivity index (χ1n) is 7.89. The molecule has 1 aliphatic rings.